The number of carbonyl (C=O) groups is 2. The molecule has 1 aliphatic carbocycles. The molecule has 1 N–H and O–H groups in total. The van der Waals surface area contributed by atoms with Gasteiger partial charge >= 0.3 is 5.97 Å². The summed E-state index contributed by atoms with van der Waals surface area (Å²) < 4.78 is 5.72. The Morgan fingerprint density at radius 1 is 1.22 bits per heavy atom. The van der Waals surface area contributed by atoms with Crippen molar-refractivity contribution in [1.29, 1.82) is 0 Å². The van der Waals surface area contributed by atoms with Crippen LogP contribution in [0.4, 0.5) is 0 Å². The van der Waals surface area contributed by atoms with Crippen LogP contribution in [0.15, 0.2) is 0 Å². The monoisotopic (exact) mass is 255 g/mol. The number of hydrogen-bond donors (Lipinski definition) is 1. The standard InChI is InChI=1S/C13H21NO4/c15-12(6-3-7-13(16)17)14-8-9-18-11-5-2-1-4-10(11)14/h10-11H,1-9H2,(H,16,17). The molecule has 5 nitrogen and oxygen atoms in total. The molecule has 1 heterocycles. The summed E-state index contributed by atoms with van der Waals surface area (Å²) in [7, 11) is 0. The van der Waals surface area contributed by atoms with Gasteiger partial charge in [-0.1, -0.05) is 12.8 Å². The van der Waals surface area contributed by atoms with Crippen LogP contribution in [0, 0.1) is 0 Å². The van der Waals surface area contributed by atoms with Gasteiger partial charge in [0.05, 0.1) is 18.8 Å². The van der Waals surface area contributed by atoms with Gasteiger partial charge < -0.3 is 14.7 Å². The first-order valence-electron chi connectivity index (χ1n) is 6.81. The van der Waals surface area contributed by atoms with Crippen molar-refractivity contribution in [3.05, 3.63) is 0 Å². The fraction of sp³-hybridized carbons (Fsp3) is 0.846. The van der Waals surface area contributed by atoms with Crippen LogP contribution >= 0.6 is 0 Å². The van der Waals surface area contributed by atoms with Gasteiger partial charge in [0.15, 0.2) is 0 Å². The predicted molar refractivity (Wildman–Crippen MR) is 65.2 cm³/mol. The SMILES string of the molecule is O=C(O)CCCC(=O)N1CCOC2CCCCC21. The minimum atomic E-state index is -0.833. The number of carboxylic acids is 1. The lowest BCUT2D eigenvalue weighted by molar-refractivity contribution is -0.149. The molecule has 102 valence electrons. The number of carboxylic acid groups (broad SMARTS) is 1. The van der Waals surface area contributed by atoms with Crippen molar-refractivity contribution in [3.63, 3.8) is 0 Å². The minimum Gasteiger partial charge on any atom is -0.481 e. The third-order valence-electron chi connectivity index (χ3n) is 3.83. The maximum atomic E-state index is 12.1. The minimum absolute atomic E-state index is 0.0736. The van der Waals surface area contributed by atoms with Crippen molar-refractivity contribution < 1.29 is 19.4 Å². The number of morpholine rings is 1. The van der Waals surface area contributed by atoms with Crippen molar-refractivity contribution in [2.75, 3.05) is 13.2 Å². The maximum absolute atomic E-state index is 12.1. The van der Waals surface area contributed by atoms with Crippen LogP contribution in [-0.2, 0) is 14.3 Å². The quantitative estimate of drug-likeness (QED) is 0.824. The van der Waals surface area contributed by atoms with E-state index in [2.05, 4.69) is 0 Å². The van der Waals surface area contributed by atoms with E-state index in [-0.39, 0.29) is 24.5 Å². The normalized spacial score (nSPS) is 27.7. The van der Waals surface area contributed by atoms with Gasteiger partial charge in [-0.15, -0.1) is 0 Å². The zero-order valence-corrected chi connectivity index (χ0v) is 10.6. The Morgan fingerprint density at radius 3 is 2.78 bits per heavy atom. The molecule has 18 heavy (non-hydrogen) atoms. The first-order valence-corrected chi connectivity index (χ1v) is 6.81. The molecule has 1 amide bonds. The van der Waals surface area contributed by atoms with Gasteiger partial charge in [-0.3, -0.25) is 9.59 Å². The molecule has 2 unspecified atom stereocenters. The Bertz CT molecular complexity index is 316. The van der Waals surface area contributed by atoms with Crippen molar-refractivity contribution >= 4 is 11.9 Å². The lowest BCUT2D eigenvalue weighted by Gasteiger charge is -2.43. The van der Waals surface area contributed by atoms with Crippen LogP contribution in [0.1, 0.15) is 44.9 Å². The molecule has 0 aromatic carbocycles. The van der Waals surface area contributed by atoms with E-state index in [1.807, 2.05) is 4.90 Å². The van der Waals surface area contributed by atoms with Gasteiger partial charge in [0.2, 0.25) is 5.91 Å². The number of nitrogens with zero attached hydrogens (tertiary/aromatic N) is 1. The number of rotatable bonds is 4. The molecule has 2 aliphatic rings. The Morgan fingerprint density at radius 2 is 2.00 bits per heavy atom. The third-order valence-corrected chi connectivity index (χ3v) is 3.83. The summed E-state index contributed by atoms with van der Waals surface area (Å²) in [4.78, 5) is 24.5. The first-order chi connectivity index (χ1) is 8.68. The predicted octanol–water partition coefficient (Wildman–Crippen LogP) is 1.41. The van der Waals surface area contributed by atoms with E-state index in [0.717, 1.165) is 19.3 Å². The number of amides is 1. The van der Waals surface area contributed by atoms with Gasteiger partial charge in [-0.05, 0) is 19.3 Å². The average molecular weight is 255 g/mol. The highest BCUT2D eigenvalue weighted by Crippen LogP contribution is 2.28. The van der Waals surface area contributed by atoms with Crippen LogP contribution in [0.5, 0.6) is 0 Å². The molecular weight excluding hydrogens is 234 g/mol. The van der Waals surface area contributed by atoms with E-state index in [0.29, 0.717) is 26.0 Å². The van der Waals surface area contributed by atoms with Crippen molar-refractivity contribution in [2.45, 2.75) is 57.1 Å². The molecule has 0 radical (unpaired) electrons. The van der Waals surface area contributed by atoms with Gasteiger partial charge in [0.25, 0.3) is 0 Å². The second-order valence-electron chi connectivity index (χ2n) is 5.10. The van der Waals surface area contributed by atoms with E-state index in [9.17, 15) is 9.59 Å². The molecule has 0 spiro atoms. The molecular formula is C13H21NO4. The third kappa shape index (κ3) is 3.22. The fourth-order valence-corrected chi connectivity index (χ4v) is 2.94. The number of aliphatic carboxylic acids is 1. The van der Waals surface area contributed by atoms with Crippen molar-refractivity contribution in [3.8, 4) is 0 Å². The zero-order chi connectivity index (χ0) is 13.0. The molecule has 5 heteroatoms. The van der Waals surface area contributed by atoms with Crippen LogP contribution in [0.2, 0.25) is 0 Å². The second-order valence-corrected chi connectivity index (χ2v) is 5.10. The number of ether oxygens (including phenoxy) is 1. The number of carbonyl (C=O) groups excluding carboxylic acids is 1. The van der Waals surface area contributed by atoms with E-state index in [4.69, 9.17) is 9.84 Å². The second kappa shape index (κ2) is 6.18. The molecule has 0 bridgehead atoms. The Labute approximate surface area is 107 Å². The molecule has 2 rings (SSSR count). The highest BCUT2D eigenvalue weighted by molar-refractivity contribution is 5.77. The highest BCUT2D eigenvalue weighted by Gasteiger charge is 2.36. The number of fused-ring (bicyclic) bond motifs is 1. The van der Waals surface area contributed by atoms with E-state index in [1.165, 1.54) is 6.42 Å². The molecule has 2 fully saturated rings. The smallest absolute Gasteiger partial charge is 0.303 e. The van der Waals surface area contributed by atoms with Gasteiger partial charge in [-0.2, -0.15) is 0 Å². The van der Waals surface area contributed by atoms with Gasteiger partial charge in [0.1, 0.15) is 0 Å². The molecule has 0 aromatic rings. The summed E-state index contributed by atoms with van der Waals surface area (Å²) in [5.41, 5.74) is 0. The zero-order valence-electron chi connectivity index (χ0n) is 10.6. The lowest BCUT2D eigenvalue weighted by atomic mass is 9.90. The maximum Gasteiger partial charge on any atom is 0.303 e. The molecule has 1 aliphatic heterocycles. The van der Waals surface area contributed by atoms with E-state index in [1.54, 1.807) is 0 Å². The van der Waals surface area contributed by atoms with Crippen LogP contribution in [-0.4, -0.2) is 47.2 Å². The van der Waals surface area contributed by atoms with Crippen LogP contribution in [0.3, 0.4) is 0 Å². The van der Waals surface area contributed by atoms with Crippen molar-refractivity contribution in [1.82, 2.24) is 4.90 Å². The summed E-state index contributed by atoms with van der Waals surface area (Å²) in [6.07, 6.45) is 5.46. The molecule has 2 atom stereocenters. The molecule has 0 aromatic heterocycles. The fourth-order valence-electron chi connectivity index (χ4n) is 2.94. The highest BCUT2D eigenvalue weighted by atomic mass is 16.5. The van der Waals surface area contributed by atoms with Gasteiger partial charge in [0, 0.05) is 19.4 Å². The Hall–Kier alpha value is -1.10. The van der Waals surface area contributed by atoms with Gasteiger partial charge in [-0.25, -0.2) is 0 Å². The van der Waals surface area contributed by atoms with Crippen LogP contribution in [0.25, 0.3) is 0 Å². The first kappa shape index (κ1) is 13.3. The van der Waals surface area contributed by atoms with Crippen molar-refractivity contribution in [2.24, 2.45) is 0 Å². The summed E-state index contributed by atoms with van der Waals surface area (Å²) in [6.45, 7) is 1.28. The van der Waals surface area contributed by atoms with Crippen LogP contribution < -0.4 is 0 Å². The summed E-state index contributed by atoms with van der Waals surface area (Å²) in [6, 6.07) is 0.227. The largest absolute Gasteiger partial charge is 0.481 e. The molecule has 1 saturated carbocycles. The molecule has 1 saturated heterocycles. The van der Waals surface area contributed by atoms with E-state index >= 15 is 0 Å². The topological polar surface area (TPSA) is 66.8 Å². The summed E-state index contributed by atoms with van der Waals surface area (Å²) >= 11 is 0. The lowest BCUT2D eigenvalue weighted by Crippen LogP contribution is -2.54. The summed E-state index contributed by atoms with van der Waals surface area (Å²) in [5, 5.41) is 8.58. The Kier molecular flexibility index (Phi) is 4.58. The number of hydrogen-bond acceptors (Lipinski definition) is 3. The Balaban J connectivity index is 1.85. The summed E-state index contributed by atoms with van der Waals surface area (Å²) in [5.74, 6) is -0.739. The van der Waals surface area contributed by atoms with E-state index < -0.39 is 5.97 Å². The average Bonchev–Trinajstić information content (AvgIpc) is 2.37.